The van der Waals surface area contributed by atoms with E-state index in [0.29, 0.717) is 42.2 Å². The van der Waals surface area contributed by atoms with Gasteiger partial charge < -0.3 is 19.7 Å². The first-order valence-corrected chi connectivity index (χ1v) is 14.7. The van der Waals surface area contributed by atoms with Crippen LogP contribution < -0.4 is 9.64 Å². The lowest BCUT2D eigenvalue weighted by Gasteiger charge is -2.25. The van der Waals surface area contributed by atoms with Crippen molar-refractivity contribution >= 4 is 34.2 Å². The summed E-state index contributed by atoms with van der Waals surface area (Å²) < 4.78 is 21.2. The molecule has 0 radical (unpaired) electrons. The standard InChI is InChI=1S/C33H29FN6O4/c34-26-15-21(19-1-2-19)16-28-30(26)33(43)40(13-14-44-28)32-25(18-41)23(5-10-37-32)22-4-9-36-31-24(22)17-27(38-31)20-6-11-39(12-7-20)29(42)3-8-35/h4-6,9-10,15-17,19,41H,1-3,7,11-14,18H2,(H,36,38). The molecule has 5 heterocycles. The number of nitrogens with one attached hydrogen (secondary N) is 1. The molecule has 0 unspecified atom stereocenters. The fraction of sp³-hybridized carbons (Fsp3) is 0.303. The normalized spacial score (nSPS) is 16.7. The summed E-state index contributed by atoms with van der Waals surface area (Å²) in [5, 5.41) is 20.3. The van der Waals surface area contributed by atoms with Gasteiger partial charge in [0.15, 0.2) is 0 Å². The van der Waals surface area contributed by atoms with Crippen LogP contribution in [-0.2, 0) is 11.4 Å². The van der Waals surface area contributed by atoms with Gasteiger partial charge in [-0.05, 0) is 77.8 Å². The van der Waals surface area contributed by atoms with Gasteiger partial charge in [0.05, 0.1) is 19.2 Å². The third-order valence-electron chi connectivity index (χ3n) is 8.56. The van der Waals surface area contributed by atoms with Gasteiger partial charge in [0.2, 0.25) is 5.91 Å². The number of carbonyl (C=O) groups is 2. The molecule has 2 amide bonds. The lowest BCUT2D eigenvalue weighted by molar-refractivity contribution is -0.129. The Hall–Kier alpha value is -5.08. The number of halogens is 1. The van der Waals surface area contributed by atoms with E-state index in [0.717, 1.165) is 40.6 Å². The number of anilines is 1. The average molecular weight is 593 g/mol. The first-order valence-electron chi connectivity index (χ1n) is 14.7. The maximum Gasteiger partial charge on any atom is 0.266 e. The number of ether oxygens (including phenoxy) is 1. The molecule has 1 aromatic carbocycles. The van der Waals surface area contributed by atoms with Crippen molar-refractivity contribution in [1.82, 2.24) is 19.9 Å². The summed E-state index contributed by atoms with van der Waals surface area (Å²) in [4.78, 5) is 41.3. The molecule has 222 valence electrons. The molecular formula is C33H29FN6O4. The maximum absolute atomic E-state index is 15.3. The van der Waals surface area contributed by atoms with E-state index in [1.165, 1.54) is 11.0 Å². The second-order valence-electron chi connectivity index (χ2n) is 11.2. The molecule has 3 aliphatic rings. The number of pyridine rings is 2. The van der Waals surface area contributed by atoms with Gasteiger partial charge in [-0.2, -0.15) is 5.26 Å². The Bertz CT molecular complexity index is 1890. The monoisotopic (exact) mass is 592 g/mol. The highest BCUT2D eigenvalue weighted by Crippen LogP contribution is 2.43. The summed E-state index contributed by atoms with van der Waals surface area (Å²) in [5.74, 6) is -0.570. The number of nitriles is 1. The molecule has 1 saturated carbocycles. The molecule has 0 atom stereocenters. The summed E-state index contributed by atoms with van der Waals surface area (Å²) >= 11 is 0. The number of carbonyl (C=O) groups excluding carboxylic acids is 2. The minimum atomic E-state index is -0.617. The maximum atomic E-state index is 15.3. The molecule has 3 aromatic heterocycles. The zero-order valence-electron chi connectivity index (χ0n) is 23.8. The Morgan fingerprint density at radius 1 is 1.16 bits per heavy atom. The number of aliphatic hydroxyl groups excluding tert-OH is 1. The molecule has 44 heavy (non-hydrogen) atoms. The van der Waals surface area contributed by atoms with E-state index < -0.39 is 18.3 Å². The van der Waals surface area contributed by atoms with E-state index in [9.17, 15) is 14.7 Å². The van der Waals surface area contributed by atoms with Gasteiger partial charge in [-0.25, -0.2) is 14.4 Å². The Morgan fingerprint density at radius 3 is 2.73 bits per heavy atom. The molecular weight excluding hydrogens is 563 g/mol. The fourth-order valence-electron chi connectivity index (χ4n) is 6.14. The lowest BCUT2D eigenvalue weighted by Crippen LogP contribution is -2.34. The van der Waals surface area contributed by atoms with Gasteiger partial charge in [0.25, 0.3) is 5.91 Å². The second kappa shape index (κ2) is 11.2. The van der Waals surface area contributed by atoms with Gasteiger partial charge in [-0.15, -0.1) is 0 Å². The smallest absolute Gasteiger partial charge is 0.266 e. The first kappa shape index (κ1) is 27.7. The van der Waals surface area contributed by atoms with E-state index in [1.54, 1.807) is 29.4 Å². The number of benzene rings is 1. The highest BCUT2D eigenvalue weighted by molar-refractivity contribution is 6.09. The Morgan fingerprint density at radius 2 is 1.98 bits per heavy atom. The molecule has 10 nitrogen and oxygen atoms in total. The number of nitrogens with zero attached hydrogens (tertiary/aromatic N) is 5. The van der Waals surface area contributed by atoms with Crippen molar-refractivity contribution < 1.29 is 23.8 Å². The largest absolute Gasteiger partial charge is 0.491 e. The van der Waals surface area contributed by atoms with E-state index >= 15 is 4.39 Å². The summed E-state index contributed by atoms with van der Waals surface area (Å²) in [6, 6.07) is 10.7. The van der Waals surface area contributed by atoms with Gasteiger partial charge in [0, 0.05) is 42.1 Å². The number of hydrogen-bond donors (Lipinski definition) is 2. The number of amides is 2. The van der Waals surface area contributed by atoms with Crippen LogP contribution in [0.1, 0.15) is 58.8 Å². The van der Waals surface area contributed by atoms with Gasteiger partial charge in [0.1, 0.15) is 41.6 Å². The minimum absolute atomic E-state index is 0.127. The number of aromatic nitrogens is 3. The average Bonchev–Trinajstić information content (AvgIpc) is 3.82. The highest BCUT2D eigenvalue weighted by Gasteiger charge is 2.33. The van der Waals surface area contributed by atoms with E-state index in [2.05, 4.69) is 15.0 Å². The number of rotatable bonds is 6. The molecule has 0 spiro atoms. The number of aliphatic hydroxyl groups is 1. The third-order valence-corrected chi connectivity index (χ3v) is 8.56. The number of fused-ring (bicyclic) bond motifs is 2. The molecule has 1 aliphatic carbocycles. The number of aromatic amines is 1. The van der Waals surface area contributed by atoms with Crippen LogP contribution in [0.15, 0.2) is 48.8 Å². The van der Waals surface area contributed by atoms with E-state index in [1.807, 2.05) is 24.3 Å². The summed E-state index contributed by atoms with van der Waals surface area (Å²) in [5.41, 5.74) is 5.15. The summed E-state index contributed by atoms with van der Waals surface area (Å²) in [6.07, 6.45) is 7.71. The third kappa shape index (κ3) is 4.87. The van der Waals surface area contributed by atoms with Crippen LogP contribution in [0.2, 0.25) is 0 Å². The molecule has 7 rings (SSSR count). The molecule has 0 bridgehead atoms. The van der Waals surface area contributed by atoms with Gasteiger partial charge in [-0.1, -0.05) is 6.08 Å². The van der Waals surface area contributed by atoms with Crippen molar-refractivity contribution in [2.75, 3.05) is 31.1 Å². The lowest BCUT2D eigenvalue weighted by atomic mass is 9.98. The second-order valence-corrected chi connectivity index (χ2v) is 11.2. The van der Waals surface area contributed by atoms with Crippen molar-refractivity contribution in [3.05, 3.63) is 77.0 Å². The SMILES string of the molecule is N#CCC(=O)N1CC=C(c2cc3c(-c4ccnc(N5CCOc6cc(C7CC7)cc(F)c6C5=O)c4CO)ccnc3[nH]2)CC1. The first-order chi connectivity index (χ1) is 21.5. The van der Waals surface area contributed by atoms with Crippen LogP contribution in [0.3, 0.4) is 0 Å². The Balaban J connectivity index is 1.24. The topological polar surface area (TPSA) is 135 Å². The molecule has 1 fully saturated rings. The quantitative estimate of drug-likeness (QED) is 0.331. The zero-order chi connectivity index (χ0) is 30.4. The van der Waals surface area contributed by atoms with Crippen LogP contribution in [0.25, 0.3) is 27.7 Å². The predicted molar refractivity (Wildman–Crippen MR) is 160 cm³/mol. The van der Waals surface area contributed by atoms with E-state index in [-0.39, 0.29) is 42.6 Å². The zero-order valence-corrected chi connectivity index (χ0v) is 23.8. The number of hydrogen-bond acceptors (Lipinski definition) is 7. The minimum Gasteiger partial charge on any atom is -0.491 e. The van der Waals surface area contributed by atoms with Crippen LogP contribution in [-0.4, -0.2) is 63.0 Å². The van der Waals surface area contributed by atoms with Crippen LogP contribution in [0.5, 0.6) is 5.75 Å². The molecule has 2 aliphatic heterocycles. The van der Waals surface area contributed by atoms with Crippen molar-refractivity contribution in [3.63, 3.8) is 0 Å². The molecule has 2 N–H and O–H groups in total. The molecule has 0 saturated heterocycles. The van der Waals surface area contributed by atoms with Crippen LogP contribution >= 0.6 is 0 Å². The summed E-state index contributed by atoms with van der Waals surface area (Å²) in [6.45, 7) is 0.824. The van der Waals surface area contributed by atoms with Crippen molar-refractivity contribution in [1.29, 1.82) is 5.26 Å². The Kier molecular flexibility index (Phi) is 7.06. The summed E-state index contributed by atoms with van der Waals surface area (Å²) in [7, 11) is 0. The van der Waals surface area contributed by atoms with Crippen LogP contribution in [0.4, 0.5) is 10.2 Å². The predicted octanol–water partition coefficient (Wildman–Crippen LogP) is 4.70. The fourth-order valence-corrected chi connectivity index (χ4v) is 6.14. The van der Waals surface area contributed by atoms with Crippen molar-refractivity contribution in [3.8, 4) is 22.9 Å². The van der Waals surface area contributed by atoms with E-state index in [4.69, 9.17) is 10.00 Å². The molecule has 4 aromatic rings. The van der Waals surface area contributed by atoms with Gasteiger partial charge >= 0.3 is 0 Å². The van der Waals surface area contributed by atoms with Crippen molar-refractivity contribution in [2.24, 2.45) is 0 Å². The van der Waals surface area contributed by atoms with Gasteiger partial charge in [-0.3, -0.25) is 14.5 Å². The highest BCUT2D eigenvalue weighted by atomic mass is 19.1. The number of H-pyrrole nitrogens is 1. The molecule has 11 heteroatoms. The Labute approximate surface area is 252 Å². The van der Waals surface area contributed by atoms with Crippen molar-refractivity contribution in [2.45, 2.75) is 38.2 Å². The van der Waals surface area contributed by atoms with Crippen LogP contribution in [0, 0.1) is 17.1 Å².